The minimum atomic E-state index is -0.193. The first-order valence-corrected chi connectivity index (χ1v) is 9.55. The second-order valence-electron chi connectivity index (χ2n) is 6.86. The van der Waals surface area contributed by atoms with Crippen molar-refractivity contribution in [3.05, 3.63) is 84.1 Å². The van der Waals surface area contributed by atoms with Gasteiger partial charge >= 0.3 is 0 Å². The third-order valence-corrected chi connectivity index (χ3v) is 5.00. The predicted octanol–water partition coefficient (Wildman–Crippen LogP) is 3.53. The van der Waals surface area contributed by atoms with E-state index in [1.54, 1.807) is 36.5 Å². The van der Waals surface area contributed by atoms with E-state index in [0.29, 0.717) is 16.8 Å². The molecule has 1 aliphatic heterocycles. The van der Waals surface area contributed by atoms with Crippen molar-refractivity contribution < 1.29 is 4.79 Å². The lowest BCUT2D eigenvalue weighted by atomic mass is 10.2. The highest BCUT2D eigenvalue weighted by atomic mass is 16.1. The standard InChI is InChI=1S/C23H21N5O/c24-17-18-6-8-20(9-7-18)26-23(29)19-10-11-25-22(16-19)28-14-12-27(13-15-28)21-4-2-1-3-5-21/h1-11,16H,12-15H2,(H,26,29). The van der Waals surface area contributed by atoms with Crippen LogP contribution in [0.15, 0.2) is 72.9 Å². The van der Waals surface area contributed by atoms with Crippen molar-refractivity contribution in [3.8, 4) is 6.07 Å². The molecule has 3 aromatic rings. The zero-order chi connectivity index (χ0) is 20.1. The van der Waals surface area contributed by atoms with Gasteiger partial charge in [-0.1, -0.05) is 18.2 Å². The Labute approximate surface area is 170 Å². The summed E-state index contributed by atoms with van der Waals surface area (Å²) < 4.78 is 0. The molecule has 1 saturated heterocycles. The molecule has 1 aromatic heterocycles. The molecule has 29 heavy (non-hydrogen) atoms. The maximum Gasteiger partial charge on any atom is 0.255 e. The average Bonchev–Trinajstić information content (AvgIpc) is 2.80. The van der Waals surface area contributed by atoms with Gasteiger partial charge in [0, 0.05) is 49.3 Å². The van der Waals surface area contributed by atoms with Gasteiger partial charge in [0.25, 0.3) is 5.91 Å². The van der Waals surface area contributed by atoms with E-state index < -0.39 is 0 Å². The second kappa shape index (κ2) is 8.44. The molecule has 1 amide bonds. The SMILES string of the molecule is N#Cc1ccc(NC(=O)c2ccnc(N3CCN(c4ccccc4)CC3)c2)cc1. The fourth-order valence-corrected chi connectivity index (χ4v) is 3.40. The van der Waals surface area contributed by atoms with Gasteiger partial charge in [-0.15, -0.1) is 0 Å². The first-order valence-electron chi connectivity index (χ1n) is 9.55. The highest BCUT2D eigenvalue weighted by Gasteiger charge is 2.19. The Morgan fingerprint density at radius 2 is 1.62 bits per heavy atom. The van der Waals surface area contributed by atoms with Crippen LogP contribution in [-0.4, -0.2) is 37.1 Å². The Hall–Kier alpha value is -3.85. The smallest absolute Gasteiger partial charge is 0.255 e. The summed E-state index contributed by atoms with van der Waals surface area (Å²) in [5.41, 5.74) is 3.01. The van der Waals surface area contributed by atoms with E-state index >= 15 is 0 Å². The summed E-state index contributed by atoms with van der Waals surface area (Å²) in [5, 5.41) is 11.7. The third kappa shape index (κ3) is 4.36. The Kier molecular flexibility index (Phi) is 5.39. The number of nitriles is 1. The quantitative estimate of drug-likeness (QED) is 0.746. The second-order valence-corrected chi connectivity index (χ2v) is 6.86. The van der Waals surface area contributed by atoms with Crippen LogP contribution in [0.4, 0.5) is 17.2 Å². The summed E-state index contributed by atoms with van der Waals surface area (Å²) in [6.45, 7) is 3.52. The molecule has 0 saturated carbocycles. The number of pyridine rings is 1. The number of hydrogen-bond acceptors (Lipinski definition) is 5. The molecule has 144 valence electrons. The lowest BCUT2D eigenvalue weighted by Crippen LogP contribution is -2.46. The van der Waals surface area contributed by atoms with Gasteiger partial charge in [0.2, 0.25) is 0 Å². The number of benzene rings is 2. The van der Waals surface area contributed by atoms with Gasteiger partial charge in [-0.3, -0.25) is 4.79 Å². The normalized spacial score (nSPS) is 13.6. The number of piperazine rings is 1. The molecule has 2 heterocycles. The number of carbonyl (C=O) groups excluding carboxylic acids is 1. The maximum atomic E-state index is 12.6. The van der Waals surface area contributed by atoms with Gasteiger partial charge in [0.05, 0.1) is 11.6 Å². The van der Waals surface area contributed by atoms with Gasteiger partial charge in [-0.05, 0) is 48.5 Å². The van der Waals surface area contributed by atoms with Crippen molar-refractivity contribution in [2.24, 2.45) is 0 Å². The fraction of sp³-hybridized carbons (Fsp3) is 0.174. The van der Waals surface area contributed by atoms with Crippen molar-refractivity contribution in [1.29, 1.82) is 5.26 Å². The lowest BCUT2D eigenvalue weighted by Gasteiger charge is -2.36. The summed E-state index contributed by atoms with van der Waals surface area (Å²) >= 11 is 0. The van der Waals surface area contributed by atoms with E-state index in [0.717, 1.165) is 32.0 Å². The molecule has 1 aliphatic rings. The summed E-state index contributed by atoms with van der Waals surface area (Å²) in [5.74, 6) is 0.617. The Bertz CT molecular complexity index is 1020. The Morgan fingerprint density at radius 3 is 2.31 bits per heavy atom. The molecule has 0 radical (unpaired) electrons. The molecule has 0 aliphatic carbocycles. The summed E-state index contributed by atoms with van der Waals surface area (Å²) in [7, 11) is 0. The molecule has 1 fully saturated rings. The summed E-state index contributed by atoms with van der Waals surface area (Å²) in [6.07, 6.45) is 1.67. The number of nitrogens with one attached hydrogen (secondary N) is 1. The van der Waals surface area contributed by atoms with E-state index in [9.17, 15) is 4.79 Å². The number of aromatic nitrogens is 1. The third-order valence-electron chi connectivity index (χ3n) is 5.00. The first-order chi connectivity index (χ1) is 14.2. The molecule has 0 unspecified atom stereocenters. The van der Waals surface area contributed by atoms with Crippen LogP contribution in [-0.2, 0) is 0 Å². The minimum absolute atomic E-state index is 0.193. The van der Waals surface area contributed by atoms with E-state index in [-0.39, 0.29) is 5.91 Å². The summed E-state index contributed by atoms with van der Waals surface area (Å²) in [6, 6.07) is 22.8. The van der Waals surface area contributed by atoms with Crippen molar-refractivity contribution in [2.75, 3.05) is 41.3 Å². The molecular weight excluding hydrogens is 362 g/mol. The minimum Gasteiger partial charge on any atom is -0.368 e. The highest BCUT2D eigenvalue weighted by molar-refractivity contribution is 6.04. The number of amides is 1. The van der Waals surface area contributed by atoms with Crippen molar-refractivity contribution in [1.82, 2.24) is 4.98 Å². The van der Waals surface area contributed by atoms with Crippen LogP contribution in [0.5, 0.6) is 0 Å². The molecule has 2 aromatic carbocycles. The number of rotatable bonds is 4. The zero-order valence-electron chi connectivity index (χ0n) is 16.0. The number of nitrogens with zero attached hydrogens (tertiary/aromatic N) is 4. The Balaban J connectivity index is 1.41. The lowest BCUT2D eigenvalue weighted by molar-refractivity contribution is 0.102. The van der Waals surface area contributed by atoms with E-state index in [1.807, 2.05) is 12.1 Å². The van der Waals surface area contributed by atoms with Crippen LogP contribution in [0, 0.1) is 11.3 Å². The van der Waals surface area contributed by atoms with E-state index in [2.05, 4.69) is 50.4 Å². The van der Waals surface area contributed by atoms with Crippen LogP contribution < -0.4 is 15.1 Å². The number of anilines is 3. The molecule has 4 rings (SSSR count). The largest absolute Gasteiger partial charge is 0.368 e. The summed E-state index contributed by atoms with van der Waals surface area (Å²) in [4.78, 5) is 21.6. The van der Waals surface area contributed by atoms with Crippen LogP contribution in [0.3, 0.4) is 0 Å². The van der Waals surface area contributed by atoms with Crippen molar-refractivity contribution in [2.45, 2.75) is 0 Å². The van der Waals surface area contributed by atoms with E-state index in [1.165, 1.54) is 5.69 Å². The van der Waals surface area contributed by atoms with Gasteiger partial charge in [0.1, 0.15) is 5.82 Å². The number of para-hydroxylation sites is 1. The Morgan fingerprint density at radius 1 is 0.931 bits per heavy atom. The highest BCUT2D eigenvalue weighted by Crippen LogP contribution is 2.20. The zero-order valence-corrected chi connectivity index (χ0v) is 16.0. The van der Waals surface area contributed by atoms with Gasteiger partial charge in [0.15, 0.2) is 0 Å². The van der Waals surface area contributed by atoms with Crippen molar-refractivity contribution >= 4 is 23.1 Å². The maximum absolute atomic E-state index is 12.6. The monoisotopic (exact) mass is 383 g/mol. The van der Waals surface area contributed by atoms with Gasteiger partial charge in [-0.2, -0.15) is 5.26 Å². The first kappa shape index (κ1) is 18.5. The number of hydrogen-bond donors (Lipinski definition) is 1. The molecule has 0 spiro atoms. The average molecular weight is 383 g/mol. The molecule has 0 bridgehead atoms. The molecular formula is C23H21N5O. The van der Waals surface area contributed by atoms with Crippen LogP contribution in [0.1, 0.15) is 15.9 Å². The predicted molar refractivity (Wildman–Crippen MR) is 114 cm³/mol. The topological polar surface area (TPSA) is 72.3 Å². The van der Waals surface area contributed by atoms with Crippen LogP contribution in [0.25, 0.3) is 0 Å². The number of carbonyl (C=O) groups is 1. The molecule has 6 heteroatoms. The molecule has 6 nitrogen and oxygen atoms in total. The van der Waals surface area contributed by atoms with Crippen LogP contribution in [0.2, 0.25) is 0 Å². The van der Waals surface area contributed by atoms with Gasteiger partial charge in [-0.25, -0.2) is 4.98 Å². The fourth-order valence-electron chi connectivity index (χ4n) is 3.40. The van der Waals surface area contributed by atoms with Crippen LogP contribution >= 0.6 is 0 Å². The molecule has 1 N–H and O–H groups in total. The molecule has 0 atom stereocenters. The van der Waals surface area contributed by atoms with Gasteiger partial charge < -0.3 is 15.1 Å². The van der Waals surface area contributed by atoms with Crippen molar-refractivity contribution in [3.63, 3.8) is 0 Å². The van der Waals surface area contributed by atoms with E-state index in [4.69, 9.17) is 5.26 Å².